The highest BCUT2D eigenvalue weighted by Crippen LogP contribution is 2.28. The second-order valence-electron chi connectivity index (χ2n) is 8.58. The highest BCUT2D eigenvalue weighted by Gasteiger charge is 2.23. The van der Waals surface area contributed by atoms with E-state index in [9.17, 15) is 29.4 Å². The average molecular weight is 499 g/mol. The van der Waals surface area contributed by atoms with E-state index in [1.54, 1.807) is 0 Å². The molecule has 36 heavy (non-hydrogen) atoms. The van der Waals surface area contributed by atoms with Gasteiger partial charge in [0.25, 0.3) is 11.8 Å². The molecule has 0 heterocycles. The average Bonchev–Trinajstić information content (AvgIpc) is 2.88. The van der Waals surface area contributed by atoms with Crippen LogP contribution in [-0.2, 0) is 0 Å². The zero-order chi connectivity index (χ0) is 25.9. The predicted molar refractivity (Wildman–Crippen MR) is 130 cm³/mol. The molecule has 12 heteroatoms. The number of hydrogen-bond acceptors (Lipinski definition) is 6. The SMILES string of the molecule is O=C(NCC1CCCC(CNC(=O)NNC(=O)c2cccc(O)c2)C1)NNC(=O)c1cccc(O)c1. The van der Waals surface area contributed by atoms with E-state index >= 15 is 0 Å². The number of benzene rings is 2. The molecule has 8 N–H and O–H groups in total. The van der Waals surface area contributed by atoms with Crippen LogP contribution in [0.15, 0.2) is 48.5 Å². The lowest BCUT2D eigenvalue weighted by Gasteiger charge is -2.29. The summed E-state index contributed by atoms with van der Waals surface area (Å²) in [6, 6.07) is 10.4. The van der Waals surface area contributed by atoms with Gasteiger partial charge in [0.1, 0.15) is 11.5 Å². The molecule has 2 atom stereocenters. The van der Waals surface area contributed by atoms with Crippen LogP contribution in [-0.4, -0.2) is 47.2 Å². The first kappa shape index (κ1) is 26.1. The molecule has 0 saturated heterocycles. The van der Waals surface area contributed by atoms with Gasteiger partial charge in [-0.15, -0.1) is 0 Å². The van der Waals surface area contributed by atoms with Gasteiger partial charge in [-0.05, 0) is 67.5 Å². The molecule has 1 aliphatic rings. The smallest absolute Gasteiger partial charge is 0.333 e. The van der Waals surface area contributed by atoms with Crippen LogP contribution in [0.5, 0.6) is 11.5 Å². The van der Waals surface area contributed by atoms with Gasteiger partial charge in [0, 0.05) is 24.2 Å². The molecule has 0 radical (unpaired) electrons. The number of hydrogen-bond donors (Lipinski definition) is 8. The monoisotopic (exact) mass is 498 g/mol. The number of rotatable bonds is 6. The number of aromatic hydroxyl groups is 2. The second-order valence-corrected chi connectivity index (χ2v) is 8.58. The summed E-state index contributed by atoms with van der Waals surface area (Å²) >= 11 is 0. The number of carbonyl (C=O) groups is 4. The Kier molecular flexibility index (Phi) is 9.32. The Morgan fingerprint density at radius 1 is 0.694 bits per heavy atom. The van der Waals surface area contributed by atoms with Crippen molar-refractivity contribution in [3.05, 3.63) is 59.7 Å². The molecule has 6 amide bonds. The summed E-state index contributed by atoms with van der Waals surface area (Å²) in [6.07, 6.45) is 3.60. The molecule has 3 rings (SSSR count). The van der Waals surface area contributed by atoms with Crippen LogP contribution < -0.4 is 32.3 Å². The predicted octanol–water partition coefficient (Wildman–Crippen LogP) is 1.49. The quantitative estimate of drug-likeness (QED) is 0.279. The Hall–Kier alpha value is -4.48. The van der Waals surface area contributed by atoms with E-state index in [0.29, 0.717) is 13.1 Å². The fraction of sp³-hybridized carbons (Fsp3) is 0.333. The maximum Gasteiger partial charge on any atom is 0.333 e. The molecule has 1 aliphatic carbocycles. The second kappa shape index (κ2) is 12.8. The molecular formula is C24H30N6O6. The fourth-order valence-electron chi connectivity index (χ4n) is 4.00. The minimum atomic E-state index is -0.554. The van der Waals surface area contributed by atoms with Crippen LogP contribution in [0, 0.1) is 11.8 Å². The zero-order valence-electron chi connectivity index (χ0n) is 19.5. The van der Waals surface area contributed by atoms with E-state index in [-0.39, 0.29) is 34.5 Å². The van der Waals surface area contributed by atoms with Gasteiger partial charge in [0.2, 0.25) is 0 Å². The van der Waals surface area contributed by atoms with Gasteiger partial charge in [-0.2, -0.15) is 0 Å². The van der Waals surface area contributed by atoms with Crippen molar-refractivity contribution >= 4 is 23.9 Å². The van der Waals surface area contributed by atoms with Gasteiger partial charge in [0.05, 0.1) is 0 Å². The summed E-state index contributed by atoms with van der Waals surface area (Å²) in [7, 11) is 0. The van der Waals surface area contributed by atoms with Crippen molar-refractivity contribution in [2.75, 3.05) is 13.1 Å². The van der Waals surface area contributed by atoms with Crippen molar-refractivity contribution < 1.29 is 29.4 Å². The molecule has 0 bridgehead atoms. The van der Waals surface area contributed by atoms with E-state index in [1.165, 1.54) is 48.5 Å². The fourth-order valence-corrected chi connectivity index (χ4v) is 4.00. The third-order valence-corrected chi connectivity index (χ3v) is 5.79. The van der Waals surface area contributed by atoms with Crippen LogP contribution in [0.25, 0.3) is 0 Å². The Morgan fingerprint density at radius 3 is 1.56 bits per heavy atom. The van der Waals surface area contributed by atoms with E-state index < -0.39 is 23.9 Å². The van der Waals surface area contributed by atoms with Gasteiger partial charge in [-0.25, -0.2) is 20.4 Å². The minimum absolute atomic E-state index is 0.0518. The molecule has 2 aromatic carbocycles. The standard InChI is InChI=1S/C24H30N6O6/c31-19-8-2-6-17(11-19)21(33)27-29-23(35)25-13-15-4-1-5-16(10-15)14-26-24(36)30-28-22(34)18-7-3-9-20(32)12-18/h2-3,6-9,11-12,15-16,31-32H,1,4-5,10,13-14H2,(H,27,33)(H,28,34)(H2,25,29,35)(H2,26,30,36). The van der Waals surface area contributed by atoms with Crippen LogP contribution in [0.3, 0.4) is 0 Å². The van der Waals surface area contributed by atoms with Crippen molar-refractivity contribution in [2.24, 2.45) is 11.8 Å². The van der Waals surface area contributed by atoms with Crippen LogP contribution in [0.2, 0.25) is 0 Å². The Labute approximate surface area is 207 Å². The number of carbonyl (C=O) groups excluding carboxylic acids is 4. The third kappa shape index (κ3) is 8.38. The van der Waals surface area contributed by atoms with E-state index in [1.807, 2.05) is 0 Å². The number of urea groups is 2. The summed E-state index contributed by atoms with van der Waals surface area (Å²) in [5.41, 5.74) is 9.55. The van der Waals surface area contributed by atoms with Crippen LogP contribution in [0.4, 0.5) is 9.59 Å². The first-order valence-corrected chi connectivity index (χ1v) is 11.6. The van der Waals surface area contributed by atoms with Crippen LogP contribution >= 0.6 is 0 Å². The summed E-state index contributed by atoms with van der Waals surface area (Å²) in [6.45, 7) is 0.826. The largest absolute Gasteiger partial charge is 0.508 e. The maximum absolute atomic E-state index is 12.0. The molecule has 0 aliphatic heterocycles. The number of amides is 6. The third-order valence-electron chi connectivity index (χ3n) is 5.79. The van der Waals surface area contributed by atoms with Crippen molar-refractivity contribution in [1.82, 2.24) is 32.3 Å². The minimum Gasteiger partial charge on any atom is -0.508 e. The molecule has 2 aromatic rings. The normalized spacial score (nSPS) is 16.8. The number of phenols is 2. The van der Waals surface area contributed by atoms with Crippen LogP contribution in [0.1, 0.15) is 46.4 Å². The Balaban J connectivity index is 1.31. The summed E-state index contributed by atoms with van der Waals surface area (Å²) in [5.74, 6) is -0.784. The van der Waals surface area contributed by atoms with Gasteiger partial charge < -0.3 is 20.8 Å². The first-order valence-electron chi connectivity index (χ1n) is 11.6. The van der Waals surface area contributed by atoms with Gasteiger partial charge in [-0.3, -0.25) is 20.4 Å². The summed E-state index contributed by atoms with van der Waals surface area (Å²) in [4.78, 5) is 48.1. The van der Waals surface area contributed by atoms with E-state index in [2.05, 4.69) is 32.3 Å². The van der Waals surface area contributed by atoms with Crippen molar-refractivity contribution in [2.45, 2.75) is 25.7 Å². The van der Waals surface area contributed by atoms with Gasteiger partial charge >= 0.3 is 12.1 Å². The summed E-state index contributed by atoms with van der Waals surface area (Å²) < 4.78 is 0. The molecular weight excluding hydrogens is 468 g/mol. The lowest BCUT2D eigenvalue weighted by molar-refractivity contribution is 0.0929. The number of hydrazine groups is 2. The topological polar surface area (TPSA) is 181 Å². The molecule has 192 valence electrons. The maximum atomic E-state index is 12.0. The molecule has 0 spiro atoms. The van der Waals surface area contributed by atoms with Gasteiger partial charge in [0.15, 0.2) is 0 Å². The van der Waals surface area contributed by atoms with Crippen molar-refractivity contribution in [1.29, 1.82) is 0 Å². The highest BCUT2D eigenvalue weighted by atomic mass is 16.3. The Morgan fingerprint density at radius 2 is 1.14 bits per heavy atom. The van der Waals surface area contributed by atoms with Crippen molar-refractivity contribution in [3.63, 3.8) is 0 Å². The first-order chi connectivity index (χ1) is 17.3. The number of nitrogens with one attached hydrogen (secondary N) is 6. The zero-order valence-corrected chi connectivity index (χ0v) is 19.5. The lowest BCUT2D eigenvalue weighted by atomic mass is 9.81. The number of phenolic OH excluding ortho intramolecular Hbond substituents is 2. The molecule has 1 fully saturated rings. The van der Waals surface area contributed by atoms with E-state index in [0.717, 1.165) is 25.7 Å². The molecule has 12 nitrogen and oxygen atoms in total. The molecule has 1 saturated carbocycles. The molecule has 2 unspecified atom stereocenters. The Bertz CT molecular complexity index is 1010. The van der Waals surface area contributed by atoms with E-state index in [4.69, 9.17) is 0 Å². The highest BCUT2D eigenvalue weighted by molar-refractivity contribution is 5.96. The molecule has 0 aromatic heterocycles. The lowest BCUT2D eigenvalue weighted by Crippen LogP contribution is -2.49. The summed E-state index contributed by atoms with van der Waals surface area (Å²) in [5, 5.41) is 24.3. The van der Waals surface area contributed by atoms with Gasteiger partial charge in [-0.1, -0.05) is 18.6 Å². The van der Waals surface area contributed by atoms with Crippen molar-refractivity contribution in [3.8, 4) is 11.5 Å².